The third kappa shape index (κ3) is 3.03. The lowest BCUT2D eigenvalue weighted by Gasteiger charge is -2.30. The van der Waals surface area contributed by atoms with Gasteiger partial charge in [-0.15, -0.1) is 0 Å². The van der Waals surface area contributed by atoms with E-state index in [2.05, 4.69) is 35.9 Å². The molecule has 0 aromatic carbocycles. The van der Waals surface area contributed by atoms with Gasteiger partial charge in [0.2, 0.25) is 0 Å². The molecule has 0 amide bonds. The van der Waals surface area contributed by atoms with E-state index in [1.807, 2.05) is 6.20 Å². The van der Waals surface area contributed by atoms with Crippen molar-refractivity contribution in [3.05, 3.63) is 29.6 Å². The molecule has 2 heterocycles. The van der Waals surface area contributed by atoms with Crippen molar-refractivity contribution in [2.75, 3.05) is 19.7 Å². The molecule has 1 unspecified atom stereocenters. The zero-order valence-electron chi connectivity index (χ0n) is 10.1. The number of nitrogens with zero attached hydrogens (tertiary/aromatic N) is 2. The number of aromatic nitrogens is 1. The van der Waals surface area contributed by atoms with Crippen LogP contribution in [0, 0.1) is 0 Å². The largest absolute Gasteiger partial charge is 0.376 e. The first kappa shape index (κ1) is 11.6. The molecule has 1 aromatic heterocycles. The lowest BCUT2D eigenvalue weighted by atomic mass is 10.2. The van der Waals surface area contributed by atoms with E-state index in [9.17, 15) is 0 Å². The average molecular weight is 220 g/mol. The van der Waals surface area contributed by atoms with E-state index in [0.29, 0.717) is 6.10 Å². The van der Waals surface area contributed by atoms with E-state index in [0.717, 1.165) is 32.7 Å². The quantitative estimate of drug-likeness (QED) is 0.777. The number of aryl methyl sites for hydroxylation is 1. The summed E-state index contributed by atoms with van der Waals surface area (Å²) in [6.07, 6.45) is 3.37. The Balaban J connectivity index is 1.92. The minimum Gasteiger partial charge on any atom is -0.376 e. The van der Waals surface area contributed by atoms with Gasteiger partial charge in [0.15, 0.2) is 0 Å². The van der Waals surface area contributed by atoms with Crippen molar-refractivity contribution in [3.63, 3.8) is 0 Å². The van der Waals surface area contributed by atoms with Gasteiger partial charge in [0.1, 0.15) is 0 Å². The molecule has 3 heteroatoms. The summed E-state index contributed by atoms with van der Waals surface area (Å²) in [4.78, 5) is 6.85. The van der Waals surface area contributed by atoms with Gasteiger partial charge in [-0.1, -0.05) is 13.0 Å². The molecule has 1 saturated heterocycles. The summed E-state index contributed by atoms with van der Waals surface area (Å²) >= 11 is 0. The Morgan fingerprint density at radius 2 is 2.38 bits per heavy atom. The Bertz CT molecular complexity index is 323. The summed E-state index contributed by atoms with van der Waals surface area (Å²) in [5.41, 5.74) is 2.46. The predicted molar refractivity (Wildman–Crippen MR) is 64.3 cm³/mol. The third-order valence-electron chi connectivity index (χ3n) is 2.98. The standard InChI is InChI=1S/C13H20N2O/c1-3-13-5-4-12(8-14-13)10-15-6-7-16-11(2)9-15/h4-5,8,11H,3,6-7,9-10H2,1-2H3. The fourth-order valence-electron chi connectivity index (χ4n) is 2.05. The molecule has 0 N–H and O–H groups in total. The van der Waals surface area contributed by atoms with Crippen LogP contribution >= 0.6 is 0 Å². The third-order valence-corrected chi connectivity index (χ3v) is 2.98. The molecule has 1 aliphatic heterocycles. The van der Waals surface area contributed by atoms with Crippen LogP contribution < -0.4 is 0 Å². The lowest BCUT2D eigenvalue weighted by Crippen LogP contribution is -2.40. The molecular weight excluding hydrogens is 200 g/mol. The Labute approximate surface area is 97.4 Å². The van der Waals surface area contributed by atoms with Crippen LogP contribution in [0.15, 0.2) is 18.3 Å². The Hall–Kier alpha value is -0.930. The molecule has 0 aliphatic carbocycles. The molecule has 0 radical (unpaired) electrons. The van der Waals surface area contributed by atoms with Gasteiger partial charge in [0.25, 0.3) is 0 Å². The first-order valence-electron chi connectivity index (χ1n) is 6.05. The van der Waals surface area contributed by atoms with Crippen LogP contribution in [0.25, 0.3) is 0 Å². The highest BCUT2D eigenvalue weighted by Crippen LogP contribution is 2.10. The van der Waals surface area contributed by atoms with E-state index in [1.165, 1.54) is 11.3 Å². The SMILES string of the molecule is CCc1ccc(CN2CCOC(C)C2)cn1. The Morgan fingerprint density at radius 1 is 1.50 bits per heavy atom. The molecule has 2 rings (SSSR count). The van der Waals surface area contributed by atoms with E-state index < -0.39 is 0 Å². The van der Waals surface area contributed by atoms with Crippen LogP contribution in [-0.2, 0) is 17.7 Å². The van der Waals surface area contributed by atoms with Crippen molar-refractivity contribution in [2.24, 2.45) is 0 Å². The van der Waals surface area contributed by atoms with Crippen LogP contribution in [-0.4, -0.2) is 35.7 Å². The molecule has 88 valence electrons. The van der Waals surface area contributed by atoms with Gasteiger partial charge in [-0.2, -0.15) is 0 Å². The lowest BCUT2D eigenvalue weighted by molar-refractivity contribution is -0.0212. The Kier molecular flexibility index (Phi) is 3.91. The summed E-state index contributed by atoms with van der Waals surface area (Å²) in [5.74, 6) is 0. The summed E-state index contributed by atoms with van der Waals surface area (Å²) in [5, 5.41) is 0. The van der Waals surface area contributed by atoms with Crippen molar-refractivity contribution in [1.82, 2.24) is 9.88 Å². The maximum absolute atomic E-state index is 5.52. The molecule has 0 bridgehead atoms. The van der Waals surface area contributed by atoms with E-state index >= 15 is 0 Å². The summed E-state index contributed by atoms with van der Waals surface area (Å²) < 4.78 is 5.52. The van der Waals surface area contributed by atoms with Crippen LogP contribution in [0.5, 0.6) is 0 Å². The average Bonchev–Trinajstić information content (AvgIpc) is 2.30. The molecule has 1 aliphatic rings. The van der Waals surface area contributed by atoms with Crippen LogP contribution in [0.1, 0.15) is 25.1 Å². The summed E-state index contributed by atoms with van der Waals surface area (Å²) in [6.45, 7) is 8.15. The first-order chi connectivity index (χ1) is 7.78. The normalized spacial score (nSPS) is 22.2. The number of hydrogen-bond acceptors (Lipinski definition) is 3. The highest BCUT2D eigenvalue weighted by molar-refractivity contribution is 5.14. The summed E-state index contributed by atoms with van der Waals surface area (Å²) in [7, 11) is 0. The fourth-order valence-corrected chi connectivity index (χ4v) is 2.05. The number of ether oxygens (including phenoxy) is 1. The minimum absolute atomic E-state index is 0.358. The molecule has 1 fully saturated rings. The molecule has 1 aromatic rings. The van der Waals surface area contributed by atoms with Crippen molar-refractivity contribution in [1.29, 1.82) is 0 Å². The second kappa shape index (κ2) is 5.41. The van der Waals surface area contributed by atoms with E-state index in [4.69, 9.17) is 4.74 Å². The second-order valence-corrected chi connectivity index (χ2v) is 4.43. The molecule has 16 heavy (non-hydrogen) atoms. The highest BCUT2D eigenvalue weighted by Gasteiger charge is 2.16. The maximum atomic E-state index is 5.52. The zero-order valence-corrected chi connectivity index (χ0v) is 10.1. The minimum atomic E-state index is 0.358. The number of pyridine rings is 1. The molecular formula is C13H20N2O. The van der Waals surface area contributed by atoms with Crippen LogP contribution in [0.3, 0.4) is 0 Å². The van der Waals surface area contributed by atoms with Crippen molar-refractivity contribution in [3.8, 4) is 0 Å². The monoisotopic (exact) mass is 220 g/mol. The number of hydrogen-bond donors (Lipinski definition) is 0. The highest BCUT2D eigenvalue weighted by atomic mass is 16.5. The Morgan fingerprint density at radius 3 is 3.00 bits per heavy atom. The maximum Gasteiger partial charge on any atom is 0.0674 e. The van der Waals surface area contributed by atoms with E-state index in [1.54, 1.807) is 0 Å². The van der Waals surface area contributed by atoms with Crippen molar-refractivity contribution in [2.45, 2.75) is 32.9 Å². The van der Waals surface area contributed by atoms with Crippen molar-refractivity contribution >= 4 is 0 Å². The van der Waals surface area contributed by atoms with Crippen LogP contribution in [0.2, 0.25) is 0 Å². The van der Waals surface area contributed by atoms with Crippen LogP contribution in [0.4, 0.5) is 0 Å². The van der Waals surface area contributed by atoms with Crippen molar-refractivity contribution < 1.29 is 4.74 Å². The fraction of sp³-hybridized carbons (Fsp3) is 0.615. The van der Waals surface area contributed by atoms with Gasteiger partial charge in [0.05, 0.1) is 12.7 Å². The van der Waals surface area contributed by atoms with Gasteiger partial charge in [-0.25, -0.2) is 0 Å². The summed E-state index contributed by atoms with van der Waals surface area (Å²) in [6, 6.07) is 4.31. The predicted octanol–water partition coefficient (Wildman–Crippen LogP) is 1.86. The first-order valence-corrected chi connectivity index (χ1v) is 6.05. The topological polar surface area (TPSA) is 25.4 Å². The number of rotatable bonds is 3. The zero-order chi connectivity index (χ0) is 11.4. The van der Waals surface area contributed by atoms with E-state index in [-0.39, 0.29) is 0 Å². The van der Waals surface area contributed by atoms with Gasteiger partial charge in [-0.05, 0) is 25.0 Å². The smallest absolute Gasteiger partial charge is 0.0674 e. The van der Waals surface area contributed by atoms with Gasteiger partial charge < -0.3 is 4.74 Å². The molecule has 0 spiro atoms. The molecule has 0 saturated carbocycles. The second-order valence-electron chi connectivity index (χ2n) is 4.43. The van der Waals surface area contributed by atoms with Gasteiger partial charge in [-0.3, -0.25) is 9.88 Å². The molecule has 3 nitrogen and oxygen atoms in total. The van der Waals surface area contributed by atoms with Gasteiger partial charge in [0, 0.05) is 31.5 Å². The van der Waals surface area contributed by atoms with Gasteiger partial charge >= 0.3 is 0 Å². The molecule has 1 atom stereocenters. The number of morpholine rings is 1.